The second kappa shape index (κ2) is 8.76. The van der Waals surface area contributed by atoms with Gasteiger partial charge in [-0.05, 0) is 62.5 Å². The lowest BCUT2D eigenvalue weighted by atomic mass is 9.73. The van der Waals surface area contributed by atoms with Crippen LogP contribution in [0, 0.1) is 5.41 Å². The first-order chi connectivity index (χ1) is 16.7. The normalized spacial score (nSPS) is 20.2. The summed E-state index contributed by atoms with van der Waals surface area (Å²) in [7, 11) is 0. The molecule has 2 fully saturated rings. The maximum absolute atomic E-state index is 11.4. The van der Waals surface area contributed by atoms with Gasteiger partial charge >= 0.3 is 0 Å². The van der Waals surface area contributed by atoms with Crippen molar-refractivity contribution in [3.05, 3.63) is 42.6 Å². The first kappa shape index (κ1) is 21.7. The zero-order chi connectivity index (χ0) is 23.1. The quantitative estimate of drug-likeness (QED) is 0.360. The zero-order valence-electron chi connectivity index (χ0n) is 19.4. The van der Waals surface area contributed by atoms with Gasteiger partial charge in [0.05, 0.1) is 36.0 Å². The molecule has 1 atom stereocenters. The lowest BCUT2D eigenvalue weighted by molar-refractivity contribution is -0.0421. The van der Waals surface area contributed by atoms with Crippen LogP contribution in [0.3, 0.4) is 0 Å². The topological polar surface area (TPSA) is 112 Å². The molecule has 0 amide bonds. The Balaban J connectivity index is 1.41. The fraction of sp³-hybridized carbons (Fsp3) is 0.500. The van der Waals surface area contributed by atoms with Gasteiger partial charge in [-0.15, -0.1) is 0 Å². The molecule has 2 aliphatic rings. The molecule has 178 valence electrons. The average Bonchev–Trinajstić information content (AvgIpc) is 3.55. The molecule has 1 aliphatic heterocycles. The van der Waals surface area contributed by atoms with E-state index >= 15 is 0 Å². The van der Waals surface area contributed by atoms with Crippen LogP contribution in [-0.4, -0.2) is 54.4 Å². The third-order valence-corrected chi connectivity index (χ3v) is 8.04. The number of fused-ring (bicyclic) bond motifs is 2. The van der Waals surface area contributed by atoms with Crippen LogP contribution in [0.4, 0.5) is 0 Å². The zero-order valence-corrected chi connectivity index (χ0v) is 19.4. The van der Waals surface area contributed by atoms with Crippen molar-refractivity contribution < 1.29 is 10.2 Å². The minimum absolute atomic E-state index is 0.0710. The summed E-state index contributed by atoms with van der Waals surface area (Å²) in [6, 6.07) is 8.86. The molecule has 1 unspecified atom stereocenters. The summed E-state index contributed by atoms with van der Waals surface area (Å²) in [5.41, 5.74) is 5.43. The number of aromatic amines is 1. The van der Waals surface area contributed by atoms with Gasteiger partial charge in [0.25, 0.3) is 0 Å². The van der Waals surface area contributed by atoms with Crippen LogP contribution in [0.25, 0.3) is 33.3 Å². The van der Waals surface area contributed by atoms with Crippen LogP contribution in [0.1, 0.15) is 62.8 Å². The number of benzene rings is 1. The third-order valence-electron chi connectivity index (χ3n) is 8.04. The van der Waals surface area contributed by atoms with Crippen LogP contribution in [0.15, 0.2) is 36.9 Å². The second-order valence-corrected chi connectivity index (χ2v) is 10.0. The van der Waals surface area contributed by atoms with Crippen molar-refractivity contribution >= 4 is 22.2 Å². The molecular formula is C26H32N6O2. The van der Waals surface area contributed by atoms with Gasteiger partial charge in [0.2, 0.25) is 0 Å². The molecule has 1 saturated carbocycles. The van der Waals surface area contributed by atoms with Gasteiger partial charge in [0.15, 0.2) is 5.65 Å². The number of H-pyrrole nitrogens is 1. The summed E-state index contributed by atoms with van der Waals surface area (Å²) >= 11 is 0. The first-order valence-electron chi connectivity index (χ1n) is 12.5. The number of imidazole rings is 2. The van der Waals surface area contributed by atoms with Crippen molar-refractivity contribution in [3.63, 3.8) is 0 Å². The summed E-state index contributed by atoms with van der Waals surface area (Å²) < 4.78 is 2.34. The van der Waals surface area contributed by atoms with Crippen LogP contribution < -0.4 is 5.32 Å². The lowest BCUT2D eigenvalue weighted by Gasteiger charge is -2.39. The molecule has 1 saturated heterocycles. The SMILES string of the molecule is OCC1(C(O)c2cc(-c3ccc4c(c3)ncn4C3CCCCC3)c3nc[nH]c3n2)CCNCC1. The van der Waals surface area contributed by atoms with Crippen LogP contribution in [0.2, 0.25) is 0 Å². The molecule has 8 nitrogen and oxygen atoms in total. The Morgan fingerprint density at radius 3 is 2.71 bits per heavy atom. The van der Waals surface area contributed by atoms with E-state index in [1.54, 1.807) is 6.33 Å². The van der Waals surface area contributed by atoms with Gasteiger partial charge in [0.1, 0.15) is 11.6 Å². The molecule has 4 N–H and O–H groups in total. The summed E-state index contributed by atoms with van der Waals surface area (Å²) in [5.74, 6) is 0. The minimum Gasteiger partial charge on any atom is -0.396 e. The van der Waals surface area contributed by atoms with Crippen LogP contribution in [-0.2, 0) is 0 Å². The highest BCUT2D eigenvalue weighted by molar-refractivity contribution is 5.93. The highest BCUT2D eigenvalue weighted by atomic mass is 16.3. The maximum Gasteiger partial charge on any atom is 0.158 e. The van der Waals surface area contributed by atoms with Crippen LogP contribution in [0.5, 0.6) is 0 Å². The van der Waals surface area contributed by atoms with Crippen molar-refractivity contribution in [2.75, 3.05) is 19.7 Å². The molecule has 0 bridgehead atoms. The number of pyridine rings is 1. The Hall–Kier alpha value is -2.81. The predicted molar refractivity (Wildman–Crippen MR) is 131 cm³/mol. The van der Waals surface area contributed by atoms with Crippen molar-refractivity contribution in [1.29, 1.82) is 0 Å². The number of nitrogens with zero attached hydrogens (tertiary/aromatic N) is 4. The largest absolute Gasteiger partial charge is 0.396 e. The summed E-state index contributed by atoms with van der Waals surface area (Å²) in [6.45, 7) is 1.48. The van der Waals surface area contributed by atoms with Crippen molar-refractivity contribution in [2.45, 2.75) is 57.1 Å². The van der Waals surface area contributed by atoms with E-state index in [4.69, 9.17) is 9.97 Å². The number of piperidine rings is 1. The minimum atomic E-state index is -0.861. The van der Waals surface area contributed by atoms with E-state index in [2.05, 4.69) is 38.1 Å². The van der Waals surface area contributed by atoms with E-state index in [1.165, 1.54) is 32.1 Å². The Bertz CT molecular complexity index is 1300. The number of aromatic nitrogens is 5. The van der Waals surface area contributed by atoms with Crippen molar-refractivity contribution in [1.82, 2.24) is 29.8 Å². The van der Waals surface area contributed by atoms with E-state index < -0.39 is 11.5 Å². The lowest BCUT2D eigenvalue weighted by Crippen LogP contribution is -2.43. The van der Waals surface area contributed by atoms with Crippen molar-refractivity contribution in [3.8, 4) is 11.1 Å². The van der Waals surface area contributed by atoms with E-state index in [1.807, 2.05) is 12.4 Å². The number of nitrogens with one attached hydrogen (secondary N) is 2. The summed E-state index contributed by atoms with van der Waals surface area (Å²) in [4.78, 5) is 17.1. The fourth-order valence-electron chi connectivity index (χ4n) is 5.91. The molecule has 8 heteroatoms. The van der Waals surface area contributed by atoms with Gasteiger partial charge in [-0.3, -0.25) is 0 Å². The maximum atomic E-state index is 11.4. The standard InChI is InChI=1S/C26H32N6O2/c33-14-26(8-10-27-11-9-26)24(34)21-13-19(23-25(31-21)29-15-28-23)17-6-7-22-20(12-17)30-16-32(22)18-4-2-1-3-5-18/h6-7,12-13,15-16,18,24,27,33-34H,1-5,8-11,14H2,(H,28,29,31). The molecule has 3 aromatic heterocycles. The fourth-order valence-corrected chi connectivity index (χ4v) is 5.91. The first-order valence-corrected chi connectivity index (χ1v) is 12.5. The van der Waals surface area contributed by atoms with Crippen molar-refractivity contribution in [2.24, 2.45) is 5.41 Å². The predicted octanol–water partition coefficient (Wildman–Crippen LogP) is 3.88. The van der Waals surface area contributed by atoms with E-state index in [0.717, 1.165) is 40.8 Å². The molecular weight excluding hydrogens is 428 g/mol. The van der Waals surface area contributed by atoms with Gasteiger partial charge in [0, 0.05) is 17.0 Å². The smallest absolute Gasteiger partial charge is 0.158 e. The Morgan fingerprint density at radius 2 is 1.91 bits per heavy atom. The Kier molecular flexibility index (Phi) is 5.59. The van der Waals surface area contributed by atoms with Gasteiger partial charge in [-0.2, -0.15) is 0 Å². The number of aliphatic hydroxyl groups is 2. The summed E-state index contributed by atoms with van der Waals surface area (Å²) in [5, 5.41) is 24.9. The van der Waals surface area contributed by atoms with Gasteiger partial charge < -0.3 is 25.1 Å². The number of hydrogen-bond acceptors (Lipinski definition) is 6. The molecule has 0 radical (unpaired) electrons. The van der Waals surface area contributed by atoms with Crippen LogP contribution >= 0.6 is 0 Å². The van der Waals surface area contributed by atoms with E-state index in [9.17, 15) is 10.2 Å². The average molecular weight is 461 g/mol. The number of rotatable bonds is 5. The van der Waals surface area contributed by atoms with Gasteiger partial charge in [-0.1, -0.05) is 25.3 Å². The summed E-state index contributed by atoms with van der Waals surface area (Å²) in [6.07, 6.45) is 10.5. The highest BCUT2D eigenvalue weighted by Crippen LogP contribution is 2.42. The van der Waals surface area contributed by atoms with Gasteiger partial charge in [-0.25, -0.2) is 15.0 Å². The van der Waals surface area contributed by atoms with E-state index in [-0.39, 0.29) is 6.61 Å². The second-order valence-electron chi connectivity index (χ2n) is 10.0. The molecule has 4 aromatic rings. The molecule has 0 spiro atoms. The molecule has 6 rings (SSSR count). The third kappa shape index (κ3) is 3.61. The molecule has 4 heterocycles. The van der Waals surface area contributed by atoms with E-state index in [0.29, 0.717) is 30.2 Å². The monoisotopic (exact) mass is 460 g/mol. The highest BCUT2D eigenvalue weighted by Gasteiger charge is 2.40. The number of aliphatic hydroxyl groups excluding tert-OH is 2. The molecule has 34 heavy (non-hydrogen) atoms. The Labute approximate surface area is 198 Å². The Morgan fingerprint density at radius 1 is 1.09 bits per heavy atom. The number of hydrogen-bond donors (Lipinski definition) is 4. The molecule has 1 aliphatic carbocycles. The molecule has 1 aromatic carbocycles.